The smallest absolute Gasteiger partial charge is 0.324 e. The molecule has 19 heteroatoms. The Morgan fingerprint density at radius 1 is 0.413 bits per heavy atom. The van der Waals surface area contributed by atoms with Crippen LogP contribution < -0.4 is 15.8 Å². The van der Waals surface area contributed by atoms with Crippen LogP contribution in [0.4, 0.5) is 65.9 Å². The third-order valence-electron chi connectivity index (χ3n) is 12.6. The lowest BCUT2D eigenvalue weighted by atomic mass is 9.94. The molecule has 4 nitrogen and oxygen atoms in total. The summed E-state index contributed by atoms with van der Waals surface area (Å²) in [6.45, 7) is 0. The molecule has 0 unspecified atom stereocenters. The number of aliphatic imine (C=N–C) groups is 2. The van der Waals surface area contributed by atoms with Gasteiger partial charge in [-0.1, -0.05) is 109 Å². The molecule has 8 aromatic rings. The summed E-state index contributed by atoms with van der Waals surface area (Å²) in [5.41, 5.74) is -7.88. The van der Waals surface area contributed by atoms with Crippen molar-refractivity contribution in [1.82, 2.24) is 9.88 Å². The Balaban J connectivity index is 1.33. The molecule has 1 N–H and O–H groups in total. The van der Waals surface area contributed by atoms with Crippen molar-refractivity contribution in [2.75, 3.05) is 0 Å². The number of halogens is 15. The monoisotopic (exact) mass is 1040 g/mol. The molecular weight excluding hydrogens is 1010 g/mol. The minimum absolute atomic E-state index is 0.00841. The molecule has 10 rings (SSSR count). The summed E-state index contributed by atoms with van der Waals surface area (Å²) in [5.74, 6) is 0.322. The van der Waals surface area contributed by atoms with Gasteiger partial charge in [0.25, 0.3) is 0 Å². The van der Waals surface area contributed by atoms with Gasteiger partial charge in [0.2, 0.25) is 0 Å². The van der Waals surface area contributed by atoms with Crippen molar-refractivity contribution in [2.24, 2.45) is 9.98 Å². The van der Waals surface area contributed by atoms with Gasteiger partial charge in [0, 0.05) is 32.8 Å². The van der Waals surface area contributed by atoms with Gasteiger partial charge >= 0.3 is 30.9 Å². The van der Waals surface area contributed by atoms with E-state index in [1.165, 1.54) is 71.3 Å². The standard InChI is InChI=1S/C56H31F15N4/c57-52(58,59)36-21-34(22-37(27-36)53(60,61)62)32-15-18-43-44-19-16-33(35-23-38(54(63,64)65)28-39(24-35)55(66,67)68)26-48(44)75(47(43)25-32)40-17-20-41(42-13-7-8-14-46(42)56(69,70)71)45(29-40)51-73-49(30-9-3-1-4-10-30)72-50(74-51)31-11-5-2-6-12-31/h1-12,14-29H,13H2,(H,72,73,74). The first-order chi connectivity index (χ1) is 35.3. The second kappa shape index (κ2) is 18.2. The lowest BCUT2D eigenvalue weighted by molar-refractivity contribution is -0.144. The molecule has 0 spiro atoms. The average Bonchev–Trinajstić information content (AvgIpc) is 3.71. The first-order valence-electron chi connectivity index (χ1n) is 22.4. The summed E-state index contributed by atoms with van der Waals surface area (Å²) in [6, 6.07) is 31.1. The first kappa shape index (κ1) is 50.2. The fourth-order valence-corrected chi connectivity index (χ4v) is 9.09. The highest BCUT2D eigenvalue weighted by molar-refractivity contribution is 6.16. The zero-order chi connectivity index (χ0) is 53.4. The van der Waals surface area contributed by atoms with Gasteiger partial charge in [0.15, 0.2) is 5.84 Å². The van der Waals surface area contributed by atoms with Crippen LogP contribution in [-0.2, 0) is 24.7 Å². The number of benzene rings is 7. The topological polar surface area (TPSA) is 41.7 Å². The van der Waals surface area contributed by atoms with Crippen LogP contribution in [-0.4, -0.2) is 22.4 Å². The van der Waals surface area contributed by atoms with Crippen LogP contribution in [0.1, 0.15) is 39.8 Å². The number of nitrogens with one attached hydrogen (secondary N) is 1. The number of amidine groups is 2. The number of rotatable bonds is 5. The molecular formula is C56H31F15N4. The lowest BCUT2D eigenvalue weighted by Gasteiger charge is -2.20. The molecule has 0 amide bonds. The number of nitrogens with zero attached hydrogens (tertiary/aromatic N) is 3. The maximum atomic E-state index is 14.9. The molecule has 1 aromatic heterocycles. The van der Waals surface area contributed by atoms with Crippen LogP contribution in [0.25, 0.3) is 61.1 Å². The van der Waals surface area contributed by atoms with Crippen molar-refractivity contribution in [2.45, 2.75) is 37.3 Å². The van der Waals surface area contributed by atoms with Crippen LogP contribution in [0.5, 0.6) is 0 Å². The summed E-state index contributed by atoms with van der Waals surface area (Å²) in [7, 11) is 0. The zero-order valence-electron chi connectivity index (χ0n) is 37.9. The summed E-state index contributed by atoms with van der Waals surface area (Å²) >= 11 is 0. The number of alkyl halides is 15. The SMILES string of the molecule is FC(F)(F)C1=CC=CCC1=c1ccc(-n2c3cc(-c4cc(C(F)(F)F)cc(C(F)(F)F)c4)ccc3c3ccc(-c4cc(C(F)(F)F)cc(C(F)(F)F)c4)cc32)cc1=C1N=C(c2ccccc2)N=C(c2ccccc2)N1. The first-order valence-corrected chi connectivity index (χ1v) is 22.4. The molecule has 0 atom stereocenters. The van der Waals surface area contributed by atoms with Crippen molar-refractivity contribution in [3.8, 4) is 27.9 Å². The van der Waals surface area contributed by atoms with E-state index in [2.05, 4.69) is 5.32 Å². The normalized spacial score (nSPS) is 16.2. The van der Waals surface area contributed by atoms with E-state index in [1.54, 1.807) is 60.7 Å². The molecule has 2 heterocycles. The Morgan fingerprint density at radius 3 is 1.36 bits per heavy atom. The van der Waals surface area contributed by atoms with E-state index < -0.39 is 69.8 Å². The highest BCUT2D eigenvalue weighted by atomic mass is 19.4. The number of aromatic nitrogens is 1. The molecule has 0 saturated carbocycles. The van der Waals surface area contributed by atoms with E-state index in [0.29, 0.717) is 35.4 Å². The zero-order valence-corrected chi connectivity index (χ0v) is 37.9. The van der Waals surface area contributed by atoms with E-state index in [0.717, 1.165) is 6.08 Å². The molecule has 2 aliphatic rings. The number of hydrogen-bond donors (Lipinski definition) is 1. The second-order valence-corrected chi connectivity index (χ2v) is 17.4. The molecule has 380 valence electrons. The summed E-state index contributed by atoms with van der Waals surface area (Å²) < 4.78 is 216. The molecule has 0 saturated heterocycles. The Bertz CT molecular complexity index is 3650. The highest BCUT2D eigenvalue weighted by Crippen LogP contribution is 2.44. The van der Waals surface area contributed by atoms with Crippen LogP contribution in [0.15, 0.2) is 185 Å². The Kier molecular flexibility index (Phi) is 12.2. The average molecular weight is 1040 g/mol. The van der Waals surface area contributed by atoms with Gasteiger partial charge in [-0.15, -0.1) is 0 Å². The predicted octanol–water partition coefficient (Wildman–Crippen LogP) is 15.4. The fourth-order valence-electron chi connectivity index (χ4n) is 9.09. The molecule has 1 aliphatic carbocycles. The predicted molar refractivity (Wildman–Crippen MR) is 255 cm³/mol. The van der Waals surface area contributed by atoms with Gasteiger partial charge < -0.3 is 9.88 Å². The summed E-state index contributed by atoms with van der Waals surface area (Å²) in [6.07, 6.45) is -22.4. The van der Waals surface area contributed by atoms with Crippen LogP contribution in [0.2, 0.25) is 0 Å². The van der Waals surface area contributed by atoms with Crippen molar-refractivity contribution < 1.29 is 65.9 Å². The van der Waals surface area contributed by atoms with Crippen molar-refractivity contribution in [3.63, 3.8) is 0 Å². The number of hydrogen-bond acceptors (Lipinski definition) is 3. The van der Waals surface area contributed by atoms with Gasteiger partial charge in [-0.3, -0.25) is 0 Å². The van der Waals surface area contributed by atoms with Gasteiger partial charge in [-0.05, 0) is 100 Å². The highest BCUT2D eigenvalue weighted by Gasteiger charge is 2.39. The van der Waals surface area contributed by atoms with Gasteiger partial charge in [-0.2, -0.15) is 65.9 Å². The van der Waals surface area contributed by atoms with E-state index in [9.17, 15) is 65.9 Å². The molecule has 0 radical (unpaired) electrons. The van der Waals surface area contributed by atoms with Gasteiger partial charge in [-0.25, -0.2) is 9.98 Å². The third kappa shape index (κ3) is 9.93. The molecule has 7 aromatic carbocycles. The van der Waals surface area contributed by atoms with E-state index in [1.807, 2.05) is 0 Å². The lowest BCUT2D eigenvalue weighted by Crippen LogP contribution is -2.39. The molecule has 0 bridgehead atoms. The van der Waals surface area contributed by atoms with Crippen LogP contribution >= 0.6 is 0 Å². The quantitative estimate of drug-likeness (QED) is 0.172. The van der Waals surface area contributed by atoms with Gasteiger partial charge in [0.1, 0.15) is 11.7 Å². The Hall–Kier alpha value is -8.35. The maximum Gasteiger partial charge on any atom is 0.416 e. The largest absolute Gasteiger partial charge is 0.416 e. The number of fused-ring (bicyclic) bond motifs is 3. The van der Waals surface area contributed by atoms with E-state index >= 15 is 0 Å². The van der Waals surface area contributed by atoms with Crippen LogP contribution in [0.3, 0.4) is 0 Å². The van der Waals surface area contributed by atoms with Crippen molar-refractivity contribution >= 4 is 44.9 Å². The van der Waals surface area contributed by atoms with Crippen LogP contribution in [0, 0.1) is 0 Å². The Morgan fingerprint density at radius 2 is 0.893 bits per heavy atom. The molecule has 0 fully saturated rings. The fraction of sp³-hybridized carbons (Fsp3) is 0.107. The minimum Gasteiger partial charge on any atom is -0.324 e. The maximum absolute atomic E-state index is 14.9. The van der Waals surface area contributed by atoms with E-state index in [-0.39, 0.29) is 90.7 Å². The second-order valence-electron chi connectivity index (χ2n) is 17.4. The Labute approximate surface area is 414 Å². The molecule has 75 heavy (non-hydrogen) atoms. The van der Waals surface area contributed by atoms with Gasteiger partial charge in [0.05, 0.1) is 38.9 Å². The third-order valence-corrected chi connectivity index (χ3v) is 12.6. The summed E-state index contributed by atoms with van der Waals surface area (Å²) in [4.78, 5) is 9.58. The van der Waals surface area contributed by atoms with Crippen molar-refractivity contribution in [1.29, 1.82) is 0 Å². The van der Waals surface area contributed by atoms with E-state index in [4.69, 9.17) is 9.98 Å². The molecule has 1 aliphatic heterocycles. The van der Waals surface area contributed by atoms with Crippen molar-refractivity contribution in [3.05, 3.63) is 219 Å². The minimum atomic E-state index is -5.23. The summed E-state index contributed by atoms with van der Waals surface area (Å²) in [5, 5.41) is 3.71. The number of allylic oxidation sites excluding steroid dienone is 4.